The molecule has 7 heteroatoms. The number of nitrogens with one attached hydrogen (secondary N) is 1. The Morgan fingerprint density at radius 2 is 2.18 bits per heavy atom. The molecule has 2 atom stereocenters. The van der Waals surface area contributed by atoms with Gasteiger partial charge >= 0.3 is 0 Å². The van der Waals surface area contributed by atoms with Crippen LogP contribution in [0.3, 0.4) is 0 Å². The second kappa shape index (κ2) is 5.01. The van der Waals surface area contributed by atoms with Crippen molar-refractivity contribution in [2.24, 2.45) is 5.92 Å². The Morgan fingerprint density at radius 1 is 1.41 bits per heavy atom. The predicted octanol–water partition coefficient (Wildman–Crippen LogP) is 0.774. The van der Waals surface area contributed by atoms with E-state index in [1.807, 2.05) is 11.8 Å². The fourth-order valence-corrected chi connectivity index (χ4v) is 1.98. The van der Waals surface area contributed by atoms with Crippen LogP contribution in [0.4, 0.5) is 11.9 Å². The molecule has 0 spiro atoms. The summed E-state index contributed by atoms with van der Waals surface area (Å²) < 4.78 is 0. The van der Waals surface area contributed by atoms with Gasteiger partial charge in [0, 0.05) is 20.1 Å². The number of halogens is 1. The summed E-state index contributed by atoms with van der Waals surface area (Å²) in [6.45, 7) is 3.40. The molecule has 1 saturated heterocycles. The molecule has 0 aliphatic carbocycles. The first-order valence-electron chi connectivity index (χ1n) is 5.62. The summed E-state index contributed by atoms with van der Waals surface area (Å²) in [5, 5.41) is 12.8. The zero-order chi connectivity index (χ0) is 12.4. The van der Waals surface area contributed by atoms with Crippen molar-refractivity contribution in [3.05, 3.63) is 5.28 Å². The number of piperidine rings is 1. The van der Waals surface area contributed by atoms with E-state index in [1.54, 1.807) is 7.05 Å². The number of anilines is 2. The van der Waals surface area contributed by atoms with Gasteiger partial charge in [-0.05, 0) is 23.9 Å². The Kier molecular flexibility index (Phi) is 3.63. The van der Waals surface area contributed by atoms with Gasteiger partial charge in [0.2, 0.25) is 17.2 Å². The molecule has 2 heterocycles. The van der Waals surface area contributed by atoms with Crippen molar-refractivity contribution >= 4 is 23.5 Å². The van der Waals surface area contributed by atoms with Crippen LogP contribution in [-0.4, -0.2) is 46.3 Å². The van der Waals surface area contributed by atoms with E-state index >= 15 is 0 Å². The second-order valence-electron chi connectivity index (χ2n) is 4.26. The highest BCUT2D eigenvalue weighted by Crippen LogP contribution is 2.21. The van der Waals surface area contributed by atoms with Crippen molar-refractivity contribution < 1.29 is 5.11 Å². The van der Waals surface area contributed by atoms with Crippen LogP contribution < -0.4 is 10.2 Å². The van der Waals surface area contributed by atoms with Gasteiger partial charge in [-0.1, -0.05) is 6.92 Å². The van der Waals surface area contributed by atoms with Crippen LogP contribution in [0.1, 0.15) is 13.3 Å². The number of aromatic nitrogens is 3. The first-order valence-corrected chi connectivity index (χ1v) is 6.00. The Morgan fingerprint density at radius 3 is 2.82 bits per heavy atom. The van der Waals surface area contributed by atoms with E-state index in [0.29, 0.717) is 24.4 Å². The average Bonchev–Trinajstić information content (AvgIpc) is 2.32. The maximum atomic E-state index is 9.84. The van der Waals surface area contributed by atoms with Gasteiger partial charge in [0.25, 0.3) is 0 Å². The number of hydrogen-bond acceptors (Lipinski definition) is 6. The number of aliphatic hydroxyl groups excluding tert-OH is 1. The minimum atomic E-state index is -0.350. The van der Waals surface area contributed by atoms with Crippen LogP contribution in [0.5, 0.6) is 0 Å². The smallest absolute Gasteiger partial charge is 0.231 e. The van der Waals surface area contributed by atoms with Gasteiger partial charge in [0.15, 0.2) is 0 Å². The molecule has 0 amide bonds. The molecule has 2 unspecified atom stereocenters. The van der Waals surface area contributed by atoms with Crippen LogP contribution in [0.25, 0.3) is 0 Å². The molecule has 2 N–H and O–H groups in total. The fraction of sp³-hybridized carbons (Fsp3) is 0.700. The van der Waals surface area contributed by atoms with Gasteiger partial charge in [-0.15, -0.1) is 0 Å². The summed E-state index contributed by atoms with van der Waals surface area (Å²) in [7, 11) is 1.72. The highest BCUT2D eigenvalue weighted by Gasteiger charge is 2.26. The monoisotopic (exact) mass is 257 g/mol. The molecule has 94 valence electrons. The second-order valence-corrected chi connectivity index (χ2v) is 4.60. The lowest BCUT2D eigenvalue weighted by Gasteiger charge is -2.34. The lowest BCUT2D eigenvalue weighted by molar-refractivity contribution is 0.102. The highest BCUT2D eigenvalue weighted by atomic mass is 35.5. The molecule has 2 rings (SSSR count). The third-order valence-corrected chi connectivity index (χ3v) is 3.19. The summed E-state index contributed by atoms with van der Waals surface area (Å²) in [6, 6.07) is 0. The molecule has 17 heavy (non-hydrogen) atoms. The molecule has 1 aliphatic heterocycles. The fourth-order valence-electron chi connectivity index (χ4n) is 1.82. The van der Waals surface area contributed by atoms with Gasteiger partial charge in [-0.2, -0.15) is 15.0 Å². The van der Waals surface area contributed by atoms with E-state index in [1.165, 1.54) is 0 Å². The maximum Gasteiger partial charge on any atom is 0.231 e. The van der Waals surface area contributed by atoms with Crippen molar-refractivity contribution in [1.29, 1.82) is 0 Å². The molecular weight excluding hydrogens is 242 g/mol. The Balaban J connectivity index is 2.19. The number of hydrogen-bond donors (Lipinski definition) is 2. The predicted molar refractivity (Wildman–Crippen MR) is 66.4 cm³/mol. The van der Waals surface area contributed by atoms with Gasteiger partial charge in [-0.25, -0.2) is 0 Å². The van der Waals surface area contributed by atoms with E-state index in [9.17, 15) is 5.11 Å². The molecule has 6 nitrogen and oxygen atoms in total. The summed E-state index contributed by atoms with van der Waals surface area (Å²) in [6.07, 6.45) is 0.566. The first-order chi connectivity index (χ1) is 8.10. The SMILES string of the molecule is CNc1nc(Cl)nc(N2CCC(C)C(O)C2)n1. The van der Waals surface area contributed by atoms with E-state index in [2.05, 4.69) is 20.3 Å². The quantitative estimate of drug-likeness (QED) is 0.815. The van der Waals surface area contributed by atoms with E-state index in [4.69, 9.17) is 11.6 Å². The molecule has 1 aromatic heterocycles. The van der Waals surface area contributed by atoms with Crippen LogP contribution >= 0.6 is 11.6 Å². The summed E-state index contributed by atoms with van der Waals surface area (Å²) in [4.78, 5) is 14.2. The molecule has 0 bridgehead atoms. The van der Waals surface area contributed by atoms with E-state index in [0.717, 1.165) is 13.0 Å². The number of nitrogens with zero attached hydrogens (tertiary/aromatic N) is 4. The lowest BCUT2D eigenvalue weighted by atomic mass is 9.96. The van der Waals surface area contributed by atoms with Crippen LogP contribution in [0.2, 0.25) is 5.28 Å². The summed E-state index contributed by atoms with van der Waals surface area (Å²) >= 11 is 5.82. The topological polar surface area (TPSA) is 74.2 Å². The number of rotatable bonds is 2. The largest absolute Gasteiger partial charge is 0.391 e. The third-order valence-electron chi connectivity index (χ3n) is 3.02. The van der Waals surface area contributed by atoms with Crippen LogP contribution in [0, 0.1) is 5.92 Å². The molecule has 1 aliphatic rings. The standard InChI is InChI=1S/C10H16ClN5O/c1-6-3-4-16(5-7(6)17)10-14-8(11)13-9(12-2)15-10/h6-7,17H,3-5H2,1-2H3,(H,12,13,14,15). The Hall–Kier alpha value is -1.14. The van der Waals surface area contributed by atoms with Gasteiger partial charge < -0.3 is 15.3 Å². The zero-order valence-corrected chi connectivity index (χ0v) is 10.6. The van der Waals surface area contributed by atoms with E-state index in [-0.39, 0.29) is 11.4 Å². The Labute approximate surface area is 105 Å². The minimum absolute atomic E-state index is 0.160. The van der Waals surface area contributed by atoms with E-state index < -0.39 is 0 Å². The van der Waals surface area contributed by atoms with Gasteiger partial charge in [0.1, 0.15) is 0 Å². The Bertz CT molecular complexity index is 402. The van der Waals surface area contributed by atoms with Crippen LogP contribution in [-0.2, 0) is 0 Å². The number of aliphatic hydroxyl groups is 1. The van der Waals surface area contributed by atoms with Crippen molar-refractivity contribution in [2.75, 3.05) is 30.4 Å². The summed E-state index contributed by atoms with van der Waals surface area (Å²) in [5.74, 6) is 1.26. The zero-order valence-electron chi connectivity index (χ0n) is 9.89. The molecule has 0 saturated carbocycles. The average molecular weight is 258 g/mol. The number of β-amino-alcohol motifs (C(OH)–C–C–N with tert-alkyl or cyclic N) is 1. The minimum Gasteiger partial charge on any atom is -0.391 e. The van der Waals surface area contributed by atoms with Crippen molar-refractivity contribution in [2.45, 2.75) is 19.4 Å². The van der Waals surface area contributed by atoms with Crippen molar-refractivity contribution in [3.8, 4) is 0 Å². The first kappa shape index (κ1) is 12.3. The molecular formula is C10H16ClN5O. The maximum absolute atomic E-state index is 9.84. The molecule has 0 radical (unpaired) electrons. The van der Waals surface area contributed by atoms with Gasteiger partial charge in [-0.3, -0.25) is 0 Å². The third kappa shape index (κ3) is 2.76. The molecule has 0 aromatic carbocycles. The van der Waals surface area contributed by atoms with Crippen LogP contribution in [0.15, 0.2) is 0 Å². The summed E-state index contributed by atoms with van der Waals surface area (Å²) in [5.41, 5.74) is 0. The normalized spacial score (nSPS) is 24.8. The van der Waals surface area contributed by atoms with Crippen molar-refractivity contribution in [1.82, 2.24) is 15.0 Å². The van der Waals surface area contributed by atoms with Gasteiger partial charge in [0.05, 0.1) is 6.10 Å². The molecule has 1 fully saturated rings. The highest BCUT2D eigenvalue weighted by molar-refractivity contribution is 6.28. The lowest BCUT2D eigenvalue weighted by Crippen LogP contribution is -2.43. The van der Waals surface area contributed by atoms with Crippen molar-refractivity contribution in [3.63, 3.8) is 0 Å². The molecule has 1 aromatic rings.